The second kappa shape index (κ2) is 19.0. The standard InChI is InChI=1S/C73H63N3/c1-5-19-52(20-6-1)53-29-31-54(32-30-53)65-48-69(57-25-11-4-12-26-57)76-51-66(65)64-28-14-13-27-63(64)58-45-61(72-41-15-37-70(72,38-16-42-72)59-33-35-67(74-49-59)55-21-7-2-8-22-55)47-62(46-58)73-43-17-39-71(73,40-18-44-73)60-34-36-68(75-50-60)56-23-9-3-10-24-56/h1-14,19-36,45-51H,15-18,37-44H2. The summed E-state index contributed by atoms with van der Waals surface area (Å²) < 4.78 is 0. The van der Waals surface area contributed by atoms with E-state index in [1.807, 2.05) is 0 Å². The van der Waals surface area contributed by atoms with Gasteiger partial charge < -0.3 is 0 Å². The Balaban J connectivity index is 0.953. The number of benzene rings is 7. The van der Waals surface area contributed by atoms with E-state index in [4.69, 9.17) is 15.0 Å². The van der Waals surface area contributed by atoms with Gasteiger partial charge in [-0.2, -0.15) is 0 Å². The monoisotopic (exact) mass is 982 g/mol. The fourth-order valence-corrected chi connectivity index (χ4v) is 15.8. The minimum absolute atomic E-state index is 0.0113. The Kier molecular flexibility index (Phi) is 11.6. The van der Waals surface area contributed by atoms with Crippen LogP contribution in [0.5, 0.6) is 0 Å². The molecule has 0 amide bonds. The molecule has 7 aromatic carbocycles. The highest BCUT2D eigenvalue weighted by Gasteiger charge is 2.62. The van der Waals surface area contributed by atoms with Gasteiger partial charge in [0.1, 0.15) is 0 Å². The van der Waals surface area contributed by atoms with Gasteiger partial charge in [0, 0.05) is 62.5 Å². The van der Waals surface area contributed by atoms with E-state index in [1.165, 1.54) is 149 Å². The summed E-state index contributed by atoms with van der Waals surface area (Å²) in [7, 11) is 0. The maximum Gasteiger partial charge on any atom is 0.0708 e. The molecule has 3 nitrogen and oxygen atoms in total. The third-order valence-corrected chi connectivity index (χ3v) is 19.3. The number of nitrogens with zero attached hydrogens (tertiary/aromatic N) is 3. The van der Waals surface area contributed by atoms with E-state index in [-0.39, 0.29) is 21.7 Å². The van der Waals surface area contributed by atoms with Crippen LogP contribution in [0.15, 0.2) is 237 Å². The summed E-state index contributed by atoms with van der Waals surface area (Å²) in [6, 6.07) is 81.0. The van der Waals surface area contributed by atoms with Gasteiger partial charge in [-0.25, -0.2) is 0 Å². The Morgan fingerprint density at radius 2 is 0.592 bits per heavy atom. The number of fused-ring (bicyclic) bond motifs is 2. The molecule has 0 radical (unpaired) electrons. The number of pyridine rings is 3. The Morgan fingerprint density at radius 1 is 0.224 bits per heavy atom. The molecule has 4 fully saturated rings. The Labute approximate surface area is 448 Å². The van der Waals surface area contributed by atoms with Crippen LogP contribution in [-0.2, 0) is 21.7 Å². The molecule has 76 heavy (non-hydrogen) atoms. The van der Waals surface area contributed by atoms with Crippen LogP contribution >= 0.6 is 0 Å². The normalized spacial score (nSPS) is 22.6. The van der Waals surface area contributed by atoms with Gasteiger partial charge in [-0.3, -0.25) is 15.0 Å². The predicted octanol–water partition coefficient (Wildman–Crippen LogP) is 18.6. The second-order valence-electron chi connectivity index (χ2n) is 22.6. The summed E-state index contributed by atoms with van der Waals surface area (Å²) in [5.74, 6) is 0. The van der Waals surface area contributed by atoms with Crippen LogP contribution in [0.4, 0.5) is 0 Å². The van der Waals surface area contributed by atoms with E-state index >= 15 is 0 Å². The molecule has 0 atom stereocenters. The molecule has 10 aromatic rings. The van der Waals surface area contributed by atoms with Crippen molar-refractivity contribution in [2.75, 3.05) is 0 Å². The first-order valence-electron chi connectivity index (χ1n) is 28.1. The van der Waals surface area contributed by atoms with Crippen LogP contribution in [-0.4, -0.2) is 15.0 Å². The summed E-state index contributed by atoms with van der Waals surface area (Å²) in [6.45, 7) is 0. The smallest absolute Gasteiger partial charge is 0.0708 e. The van der Waals surface area contributed by atoms with E-state index in [1.54, 1.807) is 0 Å². The first kappa shape index (κ1) is 46.5. The first-order chi connectivity index (χ1) is 37.5. The minimum atomic E-state index is -0.0113. The van der Waals surface area contributed by atoms with E-state index < -0.39 is 0 Å². The number of aromatic nitrogens is 3. The van der Waals surface area contributed by atoms with Crippen molar-refractivity contribution in [3.8, 4) is 78.3 Å². The van der Waals surface area contributed by atoms with Crippen molar-refractivity contribution in [1.29, 1.82) is 0 Å². The zero-order chi connectivity index (χ0) is 50.6. The Morgan fingerprint density at radius 3 is 1.04 bits per heavy atom. The highest BCUT2D eigenvalue weighted by Crippen LogP contribution is 2.68. The van der Waals surface area contributed by atoms with E-state index in [9.17, 15) is 0 Å². The van der Waals surface area contributed by atoms with Gasteiger partial charge >= 0.3 is 0 Å². The maximum absolute atomic E-state index is 5.28. The highest BCUT2D eigenvalue weighted by molar-refractivity contribution is 5.93. The lowest BCUT2D eigenvalue weighted by Crippen LogP contribution is -2.42. The predicted molar refractivity (Wildman–Crippen MR) is 313 cm³/mol. The SMILES string of the molecule is c1ccc(-c2ccc(-c3cc(-c4ccccc4)ncc3-c3ccccc3-c3cc(C45CCCC4(c4ccc(-c6ccccc6)nc4)CCC5)cc(C45CCCC4(c4ccc(-c6ccccc6)nc4)CCC5)c3)cc2)cc1. The van der Waals surface area contributed by atoms with Crippen LogP contribution in [0.3, 0.4) is 0 Å². The molecule has 370 valence electrons. The van der Waals surface area contributed by atoms with Gasteiger partial charge in [0.15, 0.2) is 0 Å². The zero-order valence-electron chi connectivity index (χ0n) is 43.3. The molecule has 3 heteroatoms. The first-order valence-corrected chi connectivity index (χ1v) is 28.1. The largest absolute Gasteiger partial charge is 0.256 e. The van der Waals surface area contributed by atoms with E-state index in [2.05, 4.69) is 237 Å². The maximum atomic E-state index is 5.28. The molecule has 0 unspecified atom stereocenters. The van der Waals surface area contributed by atoms with Crippen LogP contribution < -0.4 is 0 Å². The van der Waals surface area contributed by atoms with Crippen molar-refractivity contribution in [3.05, 3.63) is 259 Å². The fourth-order valence-electron chi connectivity index (χ4n) is 15.8. The average molecular weight is 982 g/mol. The summed E-state index contributed by atoms with van der Waals surface area (Å²) in [6.07, 6.45) is 21.1. The van der Waals surface area contributed by atoms with Gasteiger partial charge in [-0.1, -0.05) is 226 Å². The second-order valence-corrected chi connectivity index (χ2v) is 22.6. The van der Waals surface area contributed by atoms with E-state index in [0.29, 0.717) is 0 Å². The van der Waals surface area contributed by atoms with Crippen LogP contribution in [0.1, 0.15) is 99.3 Å². The van der Waals surface area contributed by atoms with Crippen molar-refractivity contribution in [2.24, 2.45) is 0 Å². The molecule has 0 saturated heterocycles. The molecular formula is C73H63N3. The fraction of sp³-hybridized carbons (Fsp3) is 0.219. The van der Waals surface area contributed by atoms with Crippen LogP contribution in [0.25, 0.3) is 78.3 Å². The van der Waals surface area contributed by atoms with Crippen molar-refractivity contribution in [1.82, 2.24) is 15.0 Å². The van der Waals surface area contributed by atoms with Crippen molar-refractivity contribution in [2.45, 2.75) is 98.7 Å². The van der Waals surface area contributed by atoms with Gasteiger partial charge in [0.2, 0.25) is 0 Å². The average Bonchev–Trinajstić information content (AvgIpc) is 4.32. The molecule has 0 aliphatic heterocycles. The number of rotatable bonds is 11. The molecule has 0 N–H and O–H groups in total. The molecular weight excluding hydrogens is 919 g/mol. The Hall–Kier alpha value is -8.01. The van der Waals surface area contributed by atoms with Crippen molar-refractivity contribution < 1.29 is 0 Å². The summed E-state index contributed by atoms with van der Waals surface area (Å²) in [4.78, 5) is 15.8. The van der Waals surface area contributed by atoms with Gasteiger partial charge in [0.05, 0.1) is 17.1 Å². The van der Waals surface area contributed by atoms with Crippen LogP contribution in [0, 0.1) is 0 Å². The molecule has 4 saturated carbocycles. The minimum Gasteiger partial charge on any atom is -0.256 e. The molecule has 3 heterocycles. The Bertz CT molecular complexity index is 3520. The summed E-state index contributed by atoms with van der Waals surface area (Å²) >= 11 is 0. The molecule has 0 bridgehead atoms. The molecule has 0 spiro atoms. The third-order valence-electron chi connectivity index (χ3n) is 19.3. The highest BCUT2D eigenvalue weighted by atomic mass is 14.7. The van der Waals surface area contributed by atoms with Gasteiger partial charge in [-0.15, -0.1) is 0 Å². The van der Waals surface area contributed by atoms with Gasteiger partial charge in [0.25, 0.3) is 0 Å². The molecule has 3 aromatic heterocycles. The van der Waals surface area contributed by atoms with Crippen molar-refractivity contribution in [3.63, 3.8) is 0 Å². The lowest BCUT2D eigenvalue weighted by Gasteiger charge is -2.45. The third kappa shape index (κ3) is 7.56. The summed E-state index contributed by atoms with van der Waals surface area (Å²) in [5, 5.41) is 0. The molecule has 4 aliphatic carbocycles. The lowest BCUT2D eigenvalue weighted by atomic mass is 9.58. The summed E-state index contributed by atoms with van der Waals surface area (Å²) in [5.41, 5.74) is 22.2. The quantitative estimate of drug-likeness (QED) is 0.130. The zero-order valence-corrected chi connectivity index (χ0v) is 43.3. The molecule has 4 aliphatic rings. The topological polar surface area (TPSA) is 38.7 Å². The lowest BCUT2D eigenvalue weighted by molar-refractivity contribution is 0.292. The van der Waals surface area contributed by atoms with Crippen molar-refractivity contribution >= 4 is 0 Å². The number of hydrogen-bond donors (Lipinski definition) is 0. The van der Waals surface area contributed by atoms with Crippen LogP contribution in [0.2, 0.25) is 0 Å². The number of hydrogen-bond acceptors (Lipinski definition) is 3. The molecule has 14 rings (SSSR count). The van der Waals surface area contributed by atoms with Gasteiger partial charge in [-0.05, 0) is 131 Å². The van der Waals surface area contributed by atoms with E-state index in [0.717, 1.165) is 28.2 Å².